The van der Waals surface area contributed by atoms with Gasteiger partial charge in [-0.1, -0.05) is 6.07 Å². The van der Waals surface area contributed by atoms with E-state index >= 15 is 0 Å². The molecule has 0 saturated carbocycles. The topological polar surface area (TPSA) is 24.9 Å². The van der Waals surface area contributed by atoms with Gasteiger partial charge in [0.1, 0.15) is 0 Å². The number of likely N-dealkylation sites (N-methyl/N-ethyl adjacent to an activating group) is 1. The second-order valence-corrected chi connectivity index (χ2v) is 5.71. The van der Waals surface area contributed by atoms with Gasteiger partial charge in [-0.3, -0.25) is 4.90 Å². The van der Waals surface area contributed by atoms with Gasteiger partial charge in [-0.2, -0.15) is 0 Å². The summed E-state index contributed by atoms with van der Waals surface area (Å²) in [6.07, 6.45) is 0. The smallest absolute Gasteiger partial charge is 0.161 e. The summed E-state index contributed by atoms with van der Waals surface area (Å²) in [6, 6.07) is 5.88. The lowest BCUT2D eigenvalue weighted by molar-refractivity contribution is 0.154. The number of benzene rings is 1. The number of rotatable bonds is 5. The number of methoxy groups -OCH3 is 2. The molecule has 1 aromatic carbocycles. The van der Waals surface area contributed by atoms with Crippen LogP contribution >= 0.6 is 11.6 Å². The molecule has 0 N–H and O–H groups in total. The van der Waals surface area contributed by atoms with Gasteiger partial charge in [0.05, 0.1) is 19.6 Å². The molecular weight excluding hydrogens is 276 g/mol. The zero-order chi connectivity index (χ0) is 14.5. The van der Waals surface area contributed by atoms with E-state index in [0.717, 1.165) is 49.8 Å². The third-order valence-corrected chi connectivity index (χ3v) is 4.17. The molecule has 0 bridgehead atoms. The lowest BCUT2D eigenvalue weighted by atomic mass is 10.1. The fourth-order valence-electron chi connectivity index (χ4n) is 2.41. The third-order valence-electron chi connectivity index (χ3n) is 3.78. The molecule has 112 valence electrons. The first-order chi connectivity index (χ1) is 9.63. The largest absolute Gasteiger partial charge is 0.493 e. The van der Waals surface area contributed by atoms with Crippen LogP contribution in [-0.2, 0) is 0 Å². The number of hydrogen-bond acceptors (Lipinski definition) is 4. The summed E-state index contributed by atoms with van der Waals surface area (Å²) in [4.78, 5) is 4.75. The first-order valence-corrected chi connectivity index (χ1v) is 7.34. The van der Waals surface area contributed by atoms with Crippen LogP contribution in [0.15, 0.2) is 18.2 Å². The molecule has 5 heteroatoms. The molecule has 1 atom stereocenters. The number of ether oxygens (including phenoxy) is 2. The van der Waals surface area contributed by atoms with Crippen LogP contribution in [0.25, 0.3) is 0 Å². The average Bonchev–Trinajstić information content (AvgIpc) is 2.48. The van der Waals surface area contributed by atoms with E-state index < -0.39 is 0 Å². The average molecular weight is 299 g/mol. The van der Waals surface area contributed by atoms with Gasteiger partial charge < -0.3 is 14.4 Å². The van der Waals surface area contributed by atoms with Crippen LogP contribution in [0, 0.1) is 0 Å². The fourth-order valence-corrected chi connectivity index (χ4v) is 2.74. The van der Waals surface area contributed by atoms with Gasteiger partial charge >= 0.3 is 0 Å². The van der Waals surface area contributed by atoms with Crippen molar-refractivity contribution in [1.29, 1.82) is 0 Å². The van der Waals surface area contributed by atoms with Crippen molar-refractivity contribution in [2.45, 2.75) is 5.38 Å². The van der Waals surface area contributed by atoms with Gasteiger partial charge in [0.25, 0.3) is 0 Å². The molecule has 1 aliphatic heterocycles. The van der Waals surface area contributed by atoms with Crippen LogP contribution in [0.1, 0.15) is 10.9 Å². The normalized spacial score (nSPS) is 18.8. The lowest BCUT2D eigenvalue weighted by Gasteiger charge is -2.33. The van der Waals surface area contributed by atoms with Crippen LogP contribution in [0.2, 0.25) is 0 Å². The maximum absolute atomic E-state index is 6.55. The van der Waals surface area contributed by atoms with Gasteiger partial charge in [0.15, 0.2) is 11.5 Å². The molecule has 0 aromatic heterocycles. The summed E-state index contributed by atoms with van der Waals surface area (Å²) < 4.78 is 10.6. The van der Waals surface area contributed by atoms with Crippen molar-refractivity contribution in [3.05, 3.63) is 23.8 Å². The second-order valence-electron chi connectivity index (χ2n) is 5.19. The molecule has 20 heavy (non-hydrogen) atoms. The van der Waals surface area contributed by atoms with Crippen LogP contribution in [0.5, 0.6) is 11.5 Å². The van der Waals surface area contributed by atoms with Crippen LogP contribution in [0.4, 0.5) is 0 Å². The maximum Gasteiger partial charge on any atom is 0.161 e. The summed E-state index contributed by atoms with van der Waals surface area (Å²) in [5, 5.41) is -0.0294. The Bertz CT molecular complexity index is 434. The van der Waals surface area contributed by atoms with E-state index in [1.165, 1.54) is 0 Å². The number of alkyl halides is 1. The van der Waals surface area contributed by atoms with Crippen molar-refractivity contribution in [1.82, 2.24) is 9.80 Å². The molecule has 0 radical (unpaired) electrons. The molecule has 2 rings (SSSR count). The SMILES string of the molecule is COc1ccc(C(Cl)CN2CCN(C)CC2)cc1OC. The predicted octanol–water partition coefficient (Wildman–Crippen LogP) is 2.23. The minimum absolute atomic E-state index is 0.0294. The van der Waals surface area contributed by atoms with E-state index in [9.17, 15) is 0 Å². The Morgan fingerprint density at radius 3 is 2.35 bits per heavy atom. The van der Waals surface area contributed by atoms with Gasteiger partial charge in [0.2, 0.25) is 0 Å². The Hall–Kier alpha value is -0.970. The molecule has 0 spiro atoms. The minimum Gasteiger partial charge on any atom is -0.493 e. The zero-order valence-corrected chi connectivity index (χ0v) is 13.2. The molecule has 1 saturated heterocycles. The molecule has 1 aromatic rings. The first-order valence-electron chi connectivity index (χ1n) is 6.91. The third kappa shape index (κ3) is 3.78. The molecule has 0 amide bonds. The van der Waals surface area contributed by atoms with Crippen LogP contribution in [0.3, 0.4) is 0 Å². The van der Waals surface area contributed by atoms with E-state index in [0.29, 0.717) is 0 Å². The second kappa shape index (κ2) is 7.16. The Morgan fingerprint density at radius 2 is 1.75 bits per heavy atom. The summed E-state index contributed by atoms with van der Waals surface area (Å²) in [5.41, 5.74) is 1.07. The summed E-state index contributed by atoms with van der Waals surface area (Å²) in [6.45, 7) is 5.23. The highest BCUT2D eigenvalue weighted by Gasteiger charge is 2.19. The van der Waals surface area contributed by atoms with Gasteiger partial charge in [0, 0.05) is 32.7 Å². The van der Waals surface area contributed by atoms with Crippen molar-refractivity contribution in [2.24, 2.45) is 0 Å². The molecule has 1 unspecified atom stereocenters. The Labute approximate surface area is 126 Å². The van der Waals surface area contributed by atoms with Crippen molar-refractivity contribution >= 4 is 11.6 Å². The monoisotopic (exact) mass is 298 g/mol. The number of halogens is 1. The molecule has 4 nitrogen and oxygen atoms in total. The Morgan fingerprint density at radius 1 is 1.10 bits per heavy atom. The highest BCUT2D eigenvalue weighted by atomic mass is 35.5. The highest BCUT2D eigenvalue weighted by molar-refractivity contribution is 6.21. The van der Waals surface area contributed by atoms with E-state index in [2.05, 4.69) is 16.8 Å². The van der Waals surface area contributed by atoms with E-state index in [1.807, 2.05) is 18.2 Å². The molecule has 1 heterocycles. The van der Waals surface area contributed by atoms with Crippen LogP contribution < -0.4 is 9.47 Å². The van der Waals surface area contributed by atoms with Crippen molar-refractivity contribution in [3.8, 4) is 11.5 Å². The summed E-state index contributed by atoms with van der Waals surface area (Å²) >= 11 is 6.55. The summed E-state index contributed by atoms with van der Waals surface area (Å²) in [5.74, 6) is 1.47. The fraction of sp³-hybridized carbons (Fsp3) is 0.600. The van der Waals surface area contributed by atoms with Crippen molar-refractivity contribution in [2.75, 3.05) is 54.0 Å². The quantitative estimate of drug-likeness (QED) is 0.778. The van der Waals surface area contributed by atoms with Crippen molar-refractivity contribution in [3.63, 3.8) is 0 Å². The van der Waals surface area contributed by atoms with Gasteiger partial charge in [-0.25, -0.2) is 0 Å². The zero-order valence-electron chi connectivity index (χ0n) is 12.4. The van der Waals surface area contributed by atoms with Gasteiger partial charge in [-0.15, -0.1) is 11.6 Å². The number of hydrogen-bond donors (Lipinski definition) is 0. The maximum atomic E-state index is 6.55. The Kier molecular flexibility index (Phi) is 5.52. The molecular formula is C15H23ClN2O2. The van der Waals surface area contributed by atoms with Crippen molar-refractivity contribution < 1.29 is 9.47 Å². The standard InChI is InChI=1S/C15H23ClN2O2/c1-17-6-8-18(9-7-17)11-13(16)12-4-5-14(19-2)15(10-12)20-3/h4-5,10,13H,6-9,11H2,1-3H3. The Balaban J connectivity index is 2.00. The van der Waals surface area contributed by atoms with E-state index in [4.69, 9.17) is 21.1 Å². The van der Waals surface area contributed by atoms with E-state index in [-0.39, 0.29) is 5.38 Å². The minimum atomic E-state index is -0.0294. The number of piperazine rings is 1. The number of nitrogens with zero attached hydrogens (tertiary/aromatic N) is 2. The first kappa shape index (κ1) is 15.4. The van der Waals surface area contributed by atoms with Gasteiger partial charge in [-0.05, 0) is 24.7 Å². The summed E-state index contributed by atoms with van der Waals surface area (Å²) in [7, 11) is 5.44. The molecule has 1 aliphatic rings. The molecule has 1 fully saturated rings. The molecule has 0 aliphatic carbocycles. The van der Waals surface area contributed by atoms with E-state index in [1.54, 1.807) is 14.2 Å². The predicted molar refractivity (Wildman–Crippen MR) is 82.1 cm³/mol. The lowest BCUT2D eigenvalue weighted by Crippen LogP contribution is -2.45. The highest BCUT2D eigenvalue weighted by Crippen LogP contribution is 2.32. The van der Waals surface area contributed by atoms with Crippen LogP contribution in [-0.4, -0.2) is 63.8 Å².